The normalized spacial score (nSPS) is 19.6. The highest BCUT2D eigenvalue weighted by atomic mass is 32.2. The quantitative estimate of drug-likeness (QED) is 0.674. The summed E-state index contributed by atoms with van der Waals surface area (Å²) in [6, 6.07) is 4.38. The first-order chi connectivity index (χ1) is 7.91. The Bertz CT molecular complexity index is 568. The van der Waals surface area contributed by atoms with Gasteiger partial charge in [0.05, 0.1) is 4.90 Å². The molecule has 0 radical (unpaired) electrons. The van der Waals surface area contributed by atoms with E-state index in [1.807, 2.05) is 0 Å². The summed E-state index contributed by atoms with van der Waals surface area (Å²) in [5, 5.41) is 7.73. The molecule has 1 aromatic carbocycles. The minimum atomic E-state index is -3.73. The van der Waals surface area contributed by atoms with Crippen LogP contribution in [0.5, 0.6) is 0 Å². The second-order valence-electron chi connectivity index (χ2n) is 3.98. The van der Waals surface area contributed by atoms with Crippen LogP contribution in [0, 0.1) is 0 Å². The van der Waals surface area contributed by atoms with E-state index in [2.05, 4.69) is 5.32 Å². The molecule has 1 unspecified atom stereocenters. The fourth-order valence-electron chi connectivity index (χ4n) is 1.91. The van der Waals surface area contributed by atoms with E-state index in [4.69, 9.17) is 10.9 Å². The molecule has 0 bridgehead atoms. The molecule has 0 aromatic heterocycles. The minimum Gasteiger partial charge on any atom is -0.330 e. The fourth-order valence-corrected chi connectivity index (χ4v) is 2.46. The van der Waals surface area contributed by atoms with Gasteiger partial charge in [0.2, 0.25) is 15.9 Å². The first-order valence-electron chi connectivity index (χ1n) is 5.08. The van der Waals surface area contributed by atoms with Crippen LogP contribution < -0.4 is 16.2 Å². The predicted octanol–water partition coefficient (Wildman–Crippen LogP) is -0.282. The Morgan fingerprint density at radius 1 is 1.41 bits per heavy atom. The van der Waals surface area contributed by atoms with Gasteiger partial charge in [0.15, 0.2) is 0 Å². The van der Waals surface area contributed by atoms with Gasteiger partial charge in [0.1, 0.15) is 0 Å². The van der Waals surface area contributed by atoms with Crippen LogP contribution in [-0.4, -0.2) is 20.9 Å². The van der Waals surface area contributed by atoms with Crippen LogP contribution in [-0.2, 0) is 14.8 Å². The summed E-state index contributed by atoms with van der Waals surface area (Å²) in [5.74, 6) is -0.281. The van der Waals surface area contributed by atoms with Crippen molar-refractivity contribution in [2.75, 3.05) is 11.9 Å². The number of amides is 1. The minimum absolute atomic E-state index is 0.0332. The van der Waals surface area contributed by atoms with Gasteiger partial charge in [-0.15, -0.1) is 0 Å². The van der Waals surface area contributed by atoms with E-state index in [-0.39, 0.29) is 29.7 Å². The van der Waals surface area contributed by atoms with Crippen molar-refractivity contribution in [3.8, 4) is 0 Å². The summed E-state index contributed by atoms with van der Waals surface area (Å²) in [6.07, 6.45) is 0.261. The molecule has 1 aliphatic rings. The second kappa shape index (κ2) is 4.10. The van der Waals surface area contributed by atoms with Crippen molar-refractivity contribution in [3.63, 3.8) is 0 Å². The van der Waals surface area contributed by atoms with Gasteiger partial charge in [-0.25, -0.2) is 13.6 Å². The van der Waals surface area contributed by atoms with Gasteiger partial charge in [0, 0.05) is 18.0 Å². The van der Waals surface area contributed by atoms with Crippen LogP contribution in [0.25, 0.3) is 0 Å². The predicted molar refractivity (Wildman–Crippen MR) is 62.9 cm³/mol. The Labute approximate surface area is 99.0 Å². The fraction of sp³-hybridized carbons (Fsp3) is 0.300. The molecule has 7 heteroatoms. The number of nitrogens with one attached hydrogen (secondary N) is 1. The maximum absolute atomic E-state index is 11.4. The average molecular weight is 255 g/mol. The largest absolute Gasteiger partial charge is 0.330 e. The average Bonchev–Trinajstić information content (AvgIpc) is 2.25. The molecule has 0 saturated carbocycles. The molecule has 5 N–H and O–H groups in total. The van der Waals surface area contributed by atoms with Gasteiger partial charge in [0.25, 0.3) is 0 Å². The number of anilines is 1. The number of nitrogens with two attached hydrogens (primary N) is 2. The third-order valence-electron chi connectivity index (χ3n) is 2.78. The summed E-state index contributed by atoms with van der Waals surface area (Å²) >= 11 is 0. The molecular formula is C10H13N3O3S. The molecule has 0 spiro atoms. The summed E-state index contributed by atoms with van der Waals surface area (Å²) in [7, 11) is -3.73. The maximum Gasteiger partial charge on any atom is 0.238 e. The number of carbonyl (C=O) groups excluding carboxylic acids is 1. The van der Waals surface area contributed by atoms with Gasteiger partial charge < -0.3 is 11.1 Å². The highest BCUT2D eigenvalue weighted by molar-refractivity contribution is 7.89. The van der Waals surface area contributed by atoms with Crippen LogP contribution in [0.1, 0.15) is 17.9 Å². The molecule has 6 nitrogen and oxygen atoms in total. The van der Waals surface area contributed by atoms with E-state index in [0.29, 0.717) is 5.69 Å². The van der Waals surface area contributed by atoms with Crippen molar-refractivity contribution in [1.82, 2.24) is 0 Å². The molecular weight excluding hydrogens is 242 g/mol. The van der Waals surface area contributed by atoms with E-state index in [1.165, 1.54) is 18.2 Å². The lowest BCUT2D eigenvalue weighted by molar-refractivity contribution is -0.116. The van der Waals surface area contributed by atoms with Crippen molar-refractivity contribution in [1.29, 1.82) is 0 Å². The van der Waals surface area contributed by atoms with Gasteiger partial charge >= 0.3 is 0 Å². The molecule has 1 atom stereocenters. The van der Waals surface area contributed by atoms with Crippen molar-refractivity contribution >= 4 is 21.6 Å². The topological polar surface area (TPSA) is 115 Å². The monoisotopic (exact) mass is 255 g/mol. The smallest absolute Gasteiger partial charge is 0.238 e. The van der Waals surface area contributed by atoms with E-state index < -0.39 is 10.0 Å². The van der Waals surface area contributed by atoms with Gasteiger partial charge in [-0.1, -0.05) is 0 Å². The van der Waals surface area contributed by atoms with Gasteiger partial charge in [-0.3, -0.25) is 4.79 Å². The van der Waals surface area contributed by atoms with E-state index in [0.717, 1.165) is 5.56 Å². The second-order valence-corrected chi connectivity index (χ2v) is 5.54. The molecule has 92 valence electrons. The molecule has 1 aromatic rings. The third kappa shape index (κ3) is 2.31. The Kier molecular flexibility index (Phi) is 2.90. The van der Waals surface area contributed by atoms with Crippen molar-refractivity contribution in [2.24, 2.45) is 10.9 Å². The molecule has 1 aliphatic heterocycles. The molecule has 2 rings (SSSR count). The summed E-state index contributed by atoms with van der Waals surface area (Å²) < 4.78 is 22.5. The standard InChI is InChI=1S/C10H13N3O3S/c11-5-6-3-10(14)13-9-2-1-7(4-8(6)9)17(12,15)16/h1-2,4,6H,3,5,11H2,(H,13,14)(H2,12,15,16). The molecule has 1 heterocycles. The zero-order chi connectivity index (χ0) is 12.6. The van der Waals surface area contributed by atoms with Gasteiger partial charge in [-0.2, -0.15) is 0 Å². The number of carbonyl (C=O) groups is 1. The highest BCUT2D eigenvalue weighted by Crippen LogP contribution is 2.32. The number of rotatable bonds is 2. The number of sulfonamides is 1. The molecule has 1 amide bonds. The Morgan fingerprint density at radius 2 is 2.12 bits per heavy atom. The van der Waals surface area contributed by atoms with Crippen molar-refractivity contribution in [3.05, 3.63) is 23.8 Å². The van der Waals surface area contributed by atoms with E-state index in [1.54, 1.807) is 0 Å². The van der Waals surface area contributed by atoms with Crippen LogP contribution in [0.2, 0.25) is 0 Å². The van der Waals surface area contributed by atoms with E-state index in [9.17, 15) is 13.2 Å². The van der Waals surface area contributed by atoms with Crippen LogP contribution in [0.15, 0.2) is 23.1 Å². The molecule has 17 heavy (non-hydrogen) atoms. The SMILES string of the molecule is NCC1CC(=O)Nc2ccc(S(N)(=O)=O)cc21. The summed E-state index contributed by atoms with van der Waals surface area (Å²) in [4.78, 5) is 11.4. The molecule has 0 fully saturated rings. The van der Waals surface area contributed by atoms with Crippen molar-refractivity contribution in [2.45, 2.75) is 17.2 Å². The third-order valence-corrected chi connectivity index (χ3v) is 3.69. The molecule has 0 aliphatic carbocycles. The zero-order valence-corrected chi connectivity index (χ0v) is 9.83. The lowest BCUT2D eigenvalue weighted by atomic mass is 9.91. The lowest BCUT2D eigenvalue weighted by Crippen LogP contribution is -2.27. The number of benzene rings is 1. The van der Waals surface area contributed by atoms with Crippen LogP contribution >= 0.6 is 0 Å². The first kappa shape index (κ1) is 12.0. The van der Waals surface area contributed by atoms with Gasteiger partial charge in [-0.05, 0) is 30.3 Å². The Hall–Kier alpha value is -1.44. The number of primary sulfonamides is 1. The summed E-state index contributed by atoms with van der Waals surface area (Å²) in [6.45, 7) is 0.286. The number of hydrogen-bond acceptors (Lipinski definition) is 4. The van der Waals surface area contributed by atoms with Crippen LogP contribution in [0.3, 0.4) is 0 Å². The number of fused-ring (bicyclic) bond motifs is 1. The number of hydrogen-bond donors (Lipinski definition) is 3. The first-order valence-corrected chi connectivity index (χ1v) is 6.63. The Morgan fingerprint density at radius 3 is 2.71 bits per heavy atom. The Balaban J connectivity index is 2.54. The highest BCUT2D eigenvalue weighted by Gasteiger charge is 2.25. The maximum atomic E-state index is 11.4. The summed E-state index contributed by atoms with van der Waals surface area (Å²) in [5.41, 5.74) is 6.90. The van der Waals surface area contributed by atoms with Crippen molar-refractivity contribution < 1.29 is 13.2 Å². The zero-order valence-electron chi connectivity index (χ0n) is 9.01. The lowest BCUT2D eigenvalue weighted by Gasteiger charge is -2.24. The van der Waals surface area contributed by atoms with Crippen LogP contribution in [0.4, 0.5) is 5.69 Å². The van der Waals surface area contributed by atoms with E-state index >= 15 is 0 Å². The molecule has 0 saturated heterocycles.